The lowest BCUT2D eigenvalue weighted by atomic mass is 10.1. The number of nitrogens with two attached hydrogens (primary N) is 1. The van der Waals surface area contributed by atoms with E-state index in [1.807, 2.05) is 6.92 Å². The van der Waals surface area contributed by atoms with Gasteiger partial charge in [-0.3, -0.25) is 0 Å². The van der Waals surface area contributed by atoms with E-state index in [4.69, 9.17) is 5.73 Å². The van der Waals surface area contributed by atoms with Crippen molar-refractivity contribution in [2.45, 2.75) is 40.7 Å². The van der Waals surface area contributed by atoms with E-state index in [0.29, 0.717) is 18.4 Å². The van der Waals surface area contributed by atoms with Gasteiger partial charge in [0.1, 0.15) is 0 Å². The van der Waals surface area contributed by atoms with Crippen molar-refractivity contribution in [3.05, 3.63) is 15.6 Å². The molecule has 0 fully saturated rings. The van der Waals surface area contributed by atoms with Gasteiger partial charge in [0.15, 0.2) is 5.96 Å². The maximum Gasteiger partial charge on any atom is 0.188 e. The number of hydrogen-bond donors (Lipinski definition) is 2. The number of aliphatic imine (C=N–C) groups is 1. The average Bonchev–Trinajstić information content (AvgIpc) is 2.54. The predicted octanol–water partition coefficient (Wildman–Crippen LogP) is 2.21. The molecule has 0 aliphatic heterocycles. The molecule has 0 aromatic carbocycles. The SMILES string of the molecule is Cc1nc(CN=C(N)NCCC(C)C)c(C)s1. The molecule has 0 bridgehead atoms. The van der Waals surface area contributed by atoms with Crippen LogP contribution >= 0.6 is 11.3 Å². The average molecular weight is 254 g/mol. The van der Waals surface area contributed by atoms with Gasteiger partial charge in [0.25, 0.3) is 0 Å². The first-order chi connectivity index (χ1) is 7.99. The molecule has 17 heavy (non-hydrogen) atoms. The van der Waals surface area contributed by atoms with Crippen molar-refractivity contribution >= 4 is 17.3 Å². The van der Waals surface area contributed by atoms with Gasteiger partial charge in [0.2, 0.25) is 0 Å². The van der Waals surface area contributed by atoms with Crippen molar-refractivity contribution in [1.29, 1.82) is 0 Å². The Hall–Kier alpha value is -1.10. The Morgan fingerprint density at radius 2 is 2.18 bits per heavy atom. The highest BCUT2D eigenvalue weighted by Gasteiger charge is 2.03. The monoisotopic (exact) mass is 254 g/mol. The number of aromatic nitrogens is 1. The number of aryl methyl sites for hydroxylation is 2. The van der Waals surface area contributed by atoms with E-state index in [9.17, 15) is 0 Å². The molecular formula is C12H22N4S. The van der Waals surface area contributed by atoms with Gasteiger partial charge in [-0.15, -0.1) is 11.3 Å². The first-order valence-corrected chi connectivity index (χ1v) is 6.77. The van der Waals surface area contributed by atoms with Crippen LogP contribution in [-0.2, 0) is 6.54 Å². The fourth-order valence-electron chi connectivity index (χ4n) is 1.42. The topological polar surface area (TPSA) is 63.3 Å². The van der Waals surface area contributed by atoms with Gasteiger partial charge in [0.05, 0.1) is 17.2 Å². The van der Waals surface area contributed by atoms with Crippen LogP contribution in [0.25, 0.3) is 0 Å². The summed E-state index contributed by atoms with van der Waals surface area (Å²) in [5.74, 6) is 1.19. The predicted molar refractivity (Wildman–Crippen MR) is 74.4 cm³/mol. The third kappa shape index (κ3) is 5.17. The number of hydrogen-bond acceptors (Lipinski definition) is 3. The standard InChI is InChI=1S/C12H22N4S/c1-8(2)5-6-14-12(13)15-7-11-9(3)17-10(4)16-11/h8H,5-7H2,1-4H3,(H3,13,14,15). The van der Waals surface area contributed by atoms with Gasteiger partial charge in [-0.05, 0) is 26.2 Å². The highest BCUT2D eigenvalue weighted by molar-refractivity contribution is 7.11. The van der Waals surface area contributed by atoms with Crippen molar-refractivity contribution in [1.82, 2.24) is 10.3 Å². The molecule has 0 amide bonds. The minimum atomic E-state index is 0.510. The van der Waals surface area contributed by atoms with Gasteiger partial charge >= 0.3 is 0 Å². The van der Waals surface area contributed by atoms with Crippen LogP contribution in [0.4, 0.5) is 0 Å². The van der Waals surface area contributed by atoms with E-state index in [0.717, 1.165) is 23.7 Å². The highest BCUT2D eigenvalue weighted by atomic mass is 32.1. The van der Waals surface area contributed by atoms with Crippen LogP contribution in [-0.4, -0.2) is 17.5 Å². The van der Waals surface area contributed by atoms with Crippen LogP contribution in [0.15, 0.2) is 4.99 Å². The molecule has 0 saturated heterocycles. The second kappa shape index (κ2) is 6.59. The van der Waals surface area contributed by atoms with Crippen molar-refractivity contribution in [2.75, 3.05) is 6.54 Å². The van der Waals surface area contributed by atoms with E-state index in [1.165, 1.54) is 4.88 Å². The number of nitrogens with one attached hydrogen (secondary N) is 1. The molecule has 0 aliphatic carbocycles. The Labute approximate surface area is 107 Å². The molecule has 1 rings (SSSR count). The highest BCUT2D eigenvalue weighted by Crippen LogP contribution is 2.16. The Morgan fingerprint density at radius 1 is 1.47 bits per heavy atom. The summed E-state index contributed by atoms with van der Waals surface area (Å²) in [5, 5.41) is 4.20. The van der Waals surface area contributed by atoms with Gasteiger partial charge in [-0.1, -0.05) is 13.8 Å². The molecule has 4 nitrogen and oxygen atoms in total. The zero-order valence-electron chi connectivity index (χ0n) is 11.1. The lowest BCUT2D eigenvalue weighted by Gasteiger charge is -2.07. The maximum absolute atomic E-state index is 5.78. The molecule has 1 aromatic rings. The molecule has 0 saturated carbocycles. The Balaban J connectivity index is 2.39. The minimum Gasteiger partial charge on any atom is -0.370 e. The van der Waals surface area contributed by atoms with Crippen molar-refractivity contribution in [3.8, 4) is 0 Å². The number of rotatable bonds is 5. The fourth-order valence-corrected chi connectivity index (χ4v) is 2.25. The van der Waals surface area contributed by atoms with Gasteiger partial charge < -0.3 is 11.1 Å². The van der Waals surface area contributed by atoms with E-state index < -0.39 is 0 Å². The summed E-state index contributed by atoms with van der Waals surface area (Å²) >= 11 is 1.70. The van der Waals surface area contributed by atoms with Crippen molar-refractivity contribution < 1.29 is 0 Å². The Bertz CT molecular complexity index is 382. The normalized spacial score (nSPS) is 12.2. The van der Waals surface area contributed by atoms with E-state index in [2.05, 4.69) is 36.1 Å². The summed E-state index contributed by atoms with van der Waals surface area (Å²) in [5.41, 5.74) is 6.81. The molecule has 1 heterocycles. The minimum absolute atomic E-state index is 0.510. The van der Waals surface area contributed by atoms with Crippen LogP contribution in [0.2, 0.25) is 0 Å². The second-order valence-corrected chi connectivity index (χ2v) is 5.95. The summed E-state index contributed by atoms with van der Waals surface area (Å²) in [7, 11) is 0. The van der Waals surface area contributed by atoms with Crippen LogP contribution in [0.5, 0.6) is 0 Å². The lowest BCUT2D eigenvalue weighted by Crippen LogP contribution is -2.32. The molecular weight excluding hydrogens is 232 g/mol. The first-order valence-electron chi connectivity index (χ1n) is 5.95. The van der Waals surface area contributed by atoms with Gasteiger partial charge in [-0.2, -0.15) is 0 Å². The maximum atomic E-state index is 5.78. The van der Waals surface area contributed by atoms with Crippen LogP contribution < -0.4 is 11.1 Å². The zero-order chi connectivity index (χ0) is 12.8. The number of nitrogens with zero attached hydrogens (tertiary/aromatic N) is 2. The summed E-state index contributed by atoms with van der Waals surface area (Å²) < 4.78 is 0. The quantitative estimate of drug-likeness (QED) is 0.625. The van der Waals surface area contributed by atoms with Gasteiger partial charge in [0, 0.05) is 11.4 Å². The molecule has 0 radical (unpaired) electrons. The summed E-state index contributed by atoms with van der Waals surface area (Å²) in [4.78, 5) is 9.94. The molecule has 1 aromatic heterocycles. The molecule has 96 valence electrons. The molecule has 0 aliphatic rings. The molecule has 0 atom stereocenters. The van der Waals surface area contributed by atoms with E-state index in [1.54, 1.807) is 11.3 Å². The third-order valence-electron chi connectivity index (χ3n) is 2.43. The number of guanidine groups is 1. The van der Waals surface area contributed by atoms with Crippen LogP contribution in [0.1, 0.15) is 35.8 Å². The second-order valence-electron chi connectivity index (χ2n) is 4.55. The molecule has 0 spiro atoms. The number of thiazole rings is 1. The molecule has 5 heteroatoms. The van der Waals surface area contributed by atoms with Crippen LogP contribution in [0.3, 0.4) is 0 Å². The first kappa shape index (κ1) is 14.0. The van der Waals surface area contributed by atoms with E-state index >= 15 is 0 Å². The molecule has 3 N–H and O–H groups in total. The largest absolute Gasteiger partial charge is 0.370 e. The third-order valence-corrected chi connectivity index (χ3v) is 3.36. The Kier molecular flexibility index (Phi) is 5.41. The lowest BCUT2D eigenvalue weighted by molar-refractivity contribution is 0.576. The summed E-state index contributed by atoms with van der Waals surface area (Å²) in [6.45, 7) is 9.90. The van der Waals surface area contributed by atoms with Crippen LogP contribution in [0, 0.1) is 19.8 Å². The van der Waals surface area contributed by atoms with Crippen molar-refractivity contribution in [3.63, 3.8) is 0 Å². The van der Waals surface area contributed by atoms with Gasteiger partial charge in [-0.25, -0.2) is 9.98 Å². The smallest absolute Gasteiger partial charge is 0.188 e. The summed E-state index contributed by atoms with van der Waals surface area (Å²) in [6, 6.07) is 0. The fraction of sp³-hybridized carbons (Fsp3) is 0.667. The van der Waals surface area contributed by atoms with E-state index in [-0.39, 0.29) is 0 Å². The molecule has 0 unspecified atom stereocenters. The Morgan fingerprint density at radius 3 is 2.71 bits per heavy atom. The zero-order valence-corrected chi connectivity index (χ0v) is 11.9. The van der Waals surface area contributed by atoms with Crippen molar-refractivity contribution in [2.24, 2.45) is 16.6 Å². The summed E-state index contributed by atoms with van der Waals surface area (Å²) in [6.07, 6.45) is 1.10.